The van der Waals surface area contributed by atoms with Crippen LogP contribution in [0.4, 0.5) is 0 Å². The largest absolute Gasteiger partial charge is 0.375 e. The number of sulfonamides is 1. The molecule has 1 unspecified atom stereocenters. The number of likely N-dealkylation sites (tertiary alicyclic amines) is 1. The second-order valence-electron chi connectivity index (χ2n) is 8.15. The molecule has 1 aromatic rings. The van der Waals surface area contributed by atoms with E-state index in [0.717, 1.165) is 32.1 Å². The van der Waals surface area contributed by atoms with Crippen molar-refractivity contribution >= 4 is 15.9 Å². The molecular formula is C21H30N2O4S. The summed E-state index contributed by atoms with van der Waals surface area (Å²) in [6, 6.07) is 7.85. The molecule has 154 valence electrons. The van der Waals surface area contributed by atoms with E-state index in [1.54, 1.807) is 30.3 Å². The van der Waals surface area contributed by atoms with Gasteiger partial charge in [0.2, 0.25) is 15.9 Å². The fourth-order valence-corrected chi connectivity index (χ4v) is 6.39. The van der Waals surface area contributed by atoms with Crippen molar-refractivity contribution in [2.75, 3.05) is 19.6 Å². The smallest absolute Gasteiger partial charge is 0.243 e. The number of piperidine rings is 1. The lowest BCUT2D eigenvalue weighted by molar-refractivity contribution is -0.138. The number of nitrogens with zero attached hydrogens (tertiary/aromatic N) is 2. The number of carbonyl (C=O) groups is 1. The van der Waals surface area contributed by atoms with Crippen molar-refractivity contribution in [3.63, 3.8) is 0 Å². The van der Waals surface area contributed by atoms with Gasteiger partial charge in [-0.15, -0.1) is 0 Å². The highest BCUT2D eigenvalue weighted by Gasteiger charge is 2.41. The summed E-state index contributed by atoms with van der Waals surface area (Å²) in [6.07, 6.45) is 8.49. The molecule has 1 saturated carbocycles. The molecule has 0 N–H and O–H groups in total. The number of benzene rings is 1. The SMILES string of the molecule is O=C(C1CCCN1S(=O)(=O)c1ccccc1)N1CCC(OC2CCCC2)CC1. The lowest BCUT2D eigenvalue weighted by Crippen LogP contribution is -2.50. The molecule has 2 heterocycles. The van der Waals surface area contributed by atoms with Crippen LogP contribution in [0.3, 0.4) is 0 Å². The third-order valence-corrected chi connectivity index (χ3v) is 8.20. The van der Waals surface area contributed by atoms with Crippen molar-refractivity contribution < 1.29 is 17.9 Å². The Morgan fingerprint density at radius 1 is 0.857 bits per heavy atom. The molecule has 1 amide bonds. The second-order valence-corrected chi connectivity index (χ2v) is 10.0. The van der Waals surface area contributed by atoms with Crippen molar-refractivity contribution in [3.8, 4) is 0 Å². The Bertz CT molecular complexity index is 769. The van der Waals surface area contributed by atoms with Crippen LogP contribution in [-0.2, 0) is 19.6 Å². The van der Waals surface area contributed by atoms with E-state index >= 15 is 0 Å². The molecule has 1 atom stereocenters. The Balaban J connectivity index is 1.38. The summed E-state index contributed by atoms with van der Waals surface area (Å²) in [5.74, 6) is -0.0451. The van der Waals surface area contributed by atoms with Crippen LogP contribution in [-0.4, -0.2) is 61.4 Å². The fraction of sp³-hybridized carbons (Fsp3) is 0.667. The van der Waals surface area contributed by atoms with Gasteiger partial charge >= 0.3 is 0 Å². The van der Waals surface area contributed by atoms with Gasteiger partial charge in [-0.1, -0.05) is 31.0 Å². The van der Waals surface area contributed by atoms with Crippen LogP contribution < -0.4 is 0 Å². The van der Waals surface area contributed by atoms with Crippen LogP contribution in [0.15, 0.2) is 35.2 Å². The van der Waals surface area contributed by atoms with Crippen molar-refractivity contribution in [3.05, 3.63) is 30.3 Å². The van der Waals surface area contributed by atoms with E-state index in [2.05, 4.69) is 0 Å². The van der Waals surface area contributed by atoms with E-state index in [1.807, 2.05) is 4.90 Å². The van der Waals surface area contributed by atoms with Crippen LogP contribution >= 0.6 is 0 Å². The summed E-state index contributed by atoms with van der Waals surface area (Å²) in [6.45, 7) is 1.73. The maximum Gasteiger partial charge on any atom is 0.243 e. The molecule has 0 radical (unpaired) electrons. The predicted molar refractivity (Wildman–Crippen MR) is 106 cm³/mol. The minimum absolute atomic E-state index is 0.0451. The molecule has 28 heavy (non-hydrogen) atoms. The molecule has 3 fully saturated rings. The molecule has 6 nitrogen and oxygen atoms in total. The maximum atomic E-state index is 13.1. The van der Waals surface area contributed by atoms with Gasteiger partial charge in [0.05, 0.1) is 17.1 Å². The monoisotopic (exact) mass is 406 g/mol. The van der Waals surface area contributed by atoms with E-state index in [9.17, 15) is 13.2 Å². The molecular weight excluding hydrogens is 376 g/mol. The molecule has 0 spiro atoms. The molecule has 0 aromatic heterocycles. The minimum Gasteiger partial charge on any atom is -0.375 e. The third kappa shape index (κ3) is 4.11. The first kappa shape index (κ1) is 19.9. The van der Waals surface area contributed by atoms with E-state index in [1.165, 1.54) is 17.1 Å². The Hall–Kier alpha value is -1.44. The topological polar surface area (TPSA) is 66.9 Å². The first-order valence-electron chi connectivity index (χ1n) is 10.6. The van der Waals surface area contributed by atoms with Crippen molar-refractivity contribution in [2.24, 2.45) is 0 Å². The van der Waals surface area contributed by atoms with E-state index in [4.69, 9.17) is 4.74 Å². The highest BCUT2D eigenvalue weighted by Crippen LogP contribution is 2.29. The minimum atomic E-state index is -3.64. The first-order chi connectivity index (χ1) is 13.6. The summed E-state index contributed by atoms with van der Waals surface area (Å²) in [4.78, 5) is 15.2. The standard InChI is InChI=1S/C21H30N2O4S/c24-21(22-15-12-18(13-16-22)27-17-7-4-5-8-17)20-11-6-14-23(20)28(25,26)19-9-2-1-3-10-19/h1-3,9-10,17-18,20H,4-8,11-16H2. The van der Waals surface area contributed by atoms with Gasteiger partial charge in [0, 0.05) is 19.6 Å². The normalized spacial score (nSPS) is 25.4. The molecule has 0 bridgehead atoms. The molecule has 4 rings (SSSR count). The summed E-state index contributed by atoms with van der Waals surface area (Å²) in [7, 11) is -3.64. The lowest BCUT2D eigenvalue weighted by Gasteiger charge is -2.36. The number of hydrogen-bond acceptors (Lipinski definition) is 4. The lowest BCUT2D eigenvalue weighted by atomic mass is 10.1. The van der Waals surface area contributed by atoms with Crippen molar-refractivity contribution in [2.45, 2.75) is 74.5 Å². The molecule has 1 aromatic carbocycles. The van der Waals surface area contributed by atoms with Gasteiger partial charge in [-0.2, -0.15) is 4.31 Å². The predicted octanol–water partition coefficient (Wildman–Crippen LogP) is 2.79. The zero-order valence-corrected chi connectivity index (χ0v) is 17.1. The average molecular weight is 407 g/mol. The van der Waals surface area contributed by atoms with Crippen LogP contribution in [0.5, 0.6) is 0 Å². The zero-order chi connectivity index (χ0) is 19.6. The summed E-state index contributed by atoms with van der Waals surface area (Å²) in [5.41, 5.74) is 0. The highest BCUT2D eigenvalue weighted by molar-refractivity contribution is 7.89. The van der Waals surface area contributed by atoms with E-state index in [0.29, 0.717) is 32.2 Å². The molecule has 3 aliphatic rings. The first-order valence-corrected chi connectivity index (χ1v) is 12.0. The van der Waals surface area contributed by atoms with Crippen LogP contribution in [0, 0.1) is 0 Å². The Kier molecular flexibility index (Phi) is 6.04. The van der Waals surface area contributed by atoms with Gasteiger partial charge in [-0.3, -0.25) is 4.79 Å². The van der Waals surface area contributed by atoms with E-state index < -0.39 is 16.1 Å². The number of ether oxygens (including phenoxy) is 1. The number of carbonyl (C=O) groups excluding carboxylic acids is 1. The van der Waals surface area contributed by atoms with Gasteiger partial charge in [0.25, 0.3) is 0 Å². The highest BCUT2D eigenvalue weighted by atomic mass is 32.2. The van der Waals surface area contributed by atoms with Gasteiger partial charge in [0.1, 0.15) is 6.04 Å². The van der Waals surface area contributed by atoms with Gasteiger partial charge < -0.3 is 9.64 Å². The third-order valence-electron chi connectivity index (χ3n) is 6.28. The van der Waals surface area contributed by atoms with Gasteiger partial charge in [0.15, 0.2) is 0 Å². The zero-order valence-electron chi connectivity index (χ0n) is 16.3. The van der Waals surface area contributed by atoms with Gasteiger partial charge in [-0.05, 0) is 50.7 Å². The van der Waals surface area contributed by atoms with Crippen molar-refractivity contribution in [1.82, 2.24) is 9.21 Å². The van der Waals surface area contributed by atoms with Crippen molar-refractivity contribution in [1.29, 1.82) is 0 Å². The van der Waals surface area contributed by atoms with Crippen LogP contribution in [0.1, 0.15) is 51.4 Å². The Morgan fingerprint density at radius 3 is 2.18 bits per heavy atom. The summed E-state index contributed by atoms with van der Waals surface area (Å²) < 4.78 is 33.6. The van der Waals surface area contributed by atoms with Gasteiger partial charge in [-0.25, -0.2) is 8.42 Å². The molecule has 1 aliphatic carbocycles. The number of hydrogen-bond donors (Lipinski definition) is 0. The summed E-state index contributed by atoms with van der Waals surface area (Å²) in [5, 5.41) is 0. The number of rotatable bonds is 5. The molecule has 2 saturated heterocycles. The number of amides is 1. The second kappa shape index (κ2) is 8.51. The quantitative estimate of drug-likeness (QED) is 0.754. The summed E-state index contributed by atoms with van der Waals surface area (Å²) >= 11 is 0. The average Bonchev–Trinajstić information content (AvgIpc) is 3.41. The fourth-order valence-electron chi connectivity index (χ4n) is 4.72. The Morgan fingerprint density at radius 2 is 1.50 bits per heavy atom. The van der Waals surface area contributed by atoms with Crippen LogP contribution in [0.2, 0.25) is 0 Å². The maximum absolute atomic E-state index is 13.1. The molecule has 7 heteroatoms. The van der Waals surface area contributed by atoms with Crippen LogP contribution in [0.25, 0.3) is 0 Å². The molecule has 2 aliphatic heterocycles. The Labute approximate surface area is 167 Å². The van der Waals surface area contributed by atoms with E-state index in [-0.39, 0.29) is 16.9 Å².